The maximum atomic E-state index is 2.47. The third-order valence-corrected chi connectivity index (χ3v) is 12.1. The van der Waals surface area contributed by atoms with Gasteiger partial charge in [0.25, 0.3) is 0 Å². The quantitative estimate of drug-likeness (QED) is 0.160. The molecule has 12 aromatic rings. The summed E-state index contributed by atoms with van der Waals surface area (Å²) in [7, 11) is 0. The highest BCUT2D eigenvalue weighted by molar-refractivity contribution is 6.38. The van der Waals surface area contributed by atoms with Crippen LogP contribution < -0.4 is 4.90 Å². The van der Waals surface area contributed by atoms with E-state index in [0.29, 0.717) is 0 Å². The Hall–Kier alpha value is -7.48. The molecule has 0 heterocycles. The molecule has 0 saturated carbocycles. The van der Waals surface area contributed by atoms with Crippen molar-refractivity contribution in [3.05, 3.63) is 212 Å². The van der Waals surface area contributed by atoms with Gasteiger partial charge < -0.3 is 4.90 Å². The van der Waals surface area contributed by atoms with Gasteiger partial charge in [-0.2, -0.15) is 0 Å². The molecular weight excluding hydrogens is 687 g/mol. The number of rotatable bonds is 5. The molecule has 0 N–H and O–H groups in total. The fraction of sp³-hybridized carbons (Fsp3) is 0. The van der Waals surface area contributed by atoms with Crippen molar-refractivity contribution in [3.63, 3.8) is 0 Å². The standard InChI is InChI=1S/C56H35N/c1-2-12-36(13-3-1)37-30-32-43(33-31-37)57(44-20-6-18-41(34-44)46-22-7-15-38-14-4-5-21-45(38)46)52-35-42-19-10-25-48-47-23-8-16-39-28-29-40-17-9-24-49(54(40)53(39)47)50-26-11-27-51(52)56(50)55(42)48/h1-35H. The molecule has 12 aromatic carbocycles. The minimum Gasteiger partial charge on any atom is -0.310 e. The van der Waals surface area contributed by atoms with E-state index >= 15 is 0 Å². The molecular formula is C56H35N. The van der Waals surface area contributed by atoms with Gasteiger partial charge in [-0.3, -0.25) is 0 Å². The van der Waals surface area contributed by atoms with E-state index in [2.05, 4.69) is 217 Å². The lowest BCUT2D eigenvalue weighted by molar-refractivity contribution is 1.30. The van der Waals surface area contributed by atoms with Crippen molar-refractivity contribution in [2.24, 2.45) is 0 Å². The zero-order valence-corrected chi connectivity index (χ0v) is 31.2. The Morgan fingerprint density at radius 2 is 0.737 bits per heavy atom. The van der Waals surface area contributed by atoms with Crippen LogP contribution in [0.4, 0.5) is 17.1 Å². The summed E-state index contributed by atoms with van der Waals surface area (Å²) in [5.41, 5.74) is 8.19. The van der Waals surface area contributed by atoms with E-state index in [4.69, 9.17) is 0 Å². The number of fused-ring (bicyclic) bond motifs is 3. The summed E-state index contributed by atoms with van der Waals surface area (Å²) in [6, 6.07) is 78.5. The van der Waals surface area contributed by atoms with Crippen molar-refractivity contribution in [2.45, 2.75) is 0 Å². The van der Waals surface area contributed by atoms with Crippen LogP contribution in [0.15, 0.2) is 212 Å². The SMILES string of the molecule is c1ccc(-c2ccc(N(c3cccc(-c4cccc5ccccc45)c3)c3cc4cccc5c6cccc7ccc8cccc(c9cccc3c9c45)c8c76)cc2)cc1. The Kier molecular flexibility index (Phi) is 7.00. The van der Waals surface area contributed by atoms with E-state index in [1.165, 1.54) is 97.7 Å². The maximum Gasteiger partial charge on any atom is 0.0546 e. The maximum absolute atomic E-state index is 2.47. The molecule has 0 amide bonds. The lowest BCUT2D eigenvalue weighted by Crippen LogP contribution is -2.11. The first-order valence-corrected chi connectivity index (χ1v) is 19.8. The normalized spacial score (nSPS) is 11.9. The molecule has 0 unspecified atom stereocenters. The Bertz CT molecular complexity index is 3500. The number of anilines is 3. The van der Waals surface area contributed by atoms with Gasteiger partial charge in [-0.15, -0.1) is 0 Å². The highest BCUT2D eigenvalue weighted by atomic mass is 15.1. The van der Waals surface area contributed by atoms with Gasteiger partial charge in [0.1, 0.15) is 0 Å². The van der Waals surface area contributed by atoms with Crippen molar-refractivity contribution in [2.75, 3.05) is 4.90 Å². The summed E-state index contributed by atoms with van der Waals surface area (Å²) in [5.74, 6) is 0. The van der Waals surface area contributed by atoms with E-state index < -0.39 is 0 Å². The summed E-state index contributed by atoms with van der Waals surface area (Å²) < 4.78 is 0. The average molecular weight is 722 g/mol. The predicted molar refractivity (Wildman–Crippen MR) is 246 cm³/mol. The molecule has 12 rings (SSSR count). The second-order valence-corrected chi connectivity index (χ2v) is 15.2. The highest BCUT2D eigenvalue weighted by Crippen LogP contribution is 2.48. The van der Waals surface area contributed by atoms with Crippen molar-refractivity contribution in [1.29, 1.82) is 0 Å². The molecule has 0 radical (unpaired) electrons. The van der Waals surface area contributed by atoms with Crippen LogP contribution in [0, 0.1) is 0 Å². The number of hydrogen-bond donors (Lipinski definition) is 0. The van der Waals surface area contributed by atoms with Crippen molar-refractivity contribution < 1.29 is 0 Å². The van der Waals surface area contributed by atoms with E-state index in [1.807, 2.05) is 0 Å². The van der Waals surface area contributed by atoms with Crippen LogP contribution in [0.2, 0.25) is 0 Å². The topological polar surface area (TPSA) is 3.24 Å². The van der Waals surface area contributed by atoms with Gasteiger partial charge in [-0.05, 0) is 117 Å². The van der Waals surface area contributed by atoms with Crippen LogP contribution in [-0.2, 0) is 0 Å². The molecule has 57 heavy (non-hydrogen) atoms. The first-order valence-electron chi connectivity index (χ1n) is 19.8. The van der Waals surface area contributed by atoms with Crippen LogP contribution in [0.1, 0.15) is 0 Å². The minimum absolute atomic E-state index is 1.11. The zero-order valence-electron chi connectivity index (χ0n) is 31.2. The third-order valence-electron chi connectivity index (χ3n) is 12.1. The Morgan fingerprint density at radius 3 is 1.47 bits per heavy atom. The first kappa shape index (κ1) is 31.8. The summed E-state index contributed by atoms with van der Waals surface area (Å²) in [5, 5.41) is 17.8. The van der Waals surface area contributed by atoms with Crippen LogP contribution in [-0.4, -0.2) is 0 Å². The van der Waals surface area contributed by atoms with Gasteiger partial charge in [0.05, 0.1) is 5.69 Å². The third kappa shape index (κ3) is 4.89. The molecule has 0 aromatic heterocycles. The van der Waals surface area contributed by atoms with Crippen LogP contribution in [0.3, 0.4) is 0 Å². The minimum atomic E-state index is 1.11. The average Bonchev–Trinajstić information content (AvgIpc) is 3.28. The van der Waals surface area contributed by atoms with Gasteiger partial charge in [0, 0.05) is 22.1 Å². The number of nitrogens with zero attached hydrogens (tertiary/aromatic N) is 1. The van der Waals surface area contributed by atoms with Gasteiger partial charge in [0.2, 0.25) is 0 Å². The second-order valence-electron chi connectivity index (χ2n) is 15.2. The van der Waals surface area contributed by atoms with E-state index in [9.17, 15) is 0 Å². The molecule has 0 aliphatic rings. The van der Waals surface area contributed by atoms with Gasteiger partial charge in [-0.1, -0.05) is 182 Å². The van der Waals surface area contributed by atoms with Crippen LogP contribution in [0.25, 0.3) is 97.7 Å². The number of benzene rings is 11. The Balaban J connectivity index is 1.19. The molecule has 264 valence electrons. The molecule has 0 aliphatic heterocycles. The highest BCUT2D eigenvalue weighted by Gasteiger charge is 2.22. The largest absolute Gasteiger partial charge is 0.310 e. The smallest absolute Gasteiger partial charge is 0.0546 e. The molecule has 0 saturated heterocycles. The van der Waals surface area contributed by atoms with E-state index in [1.54, 1.807) is 0 Å². The van der Waals surface area contributed by atoms with Crippen molar-refractivity contribution in [1.82, 2.24) is 0 Å². The van der Waals surface area contributed by atoms with Gasteiger partial charge >= 0.3 is 0 Å². The number of hydrogen-bond acceptors (Lipinski definition) is 1. The molecule has 0 atom stereocenters. The predicted octanol–water partition coefficient (Wildman–Crippen LogP) is 16.0. The summed E-state index contributed by atoms with van der Waals surface area (Å²) >= 11 is 0. The fourth-order valence-corrected chi connectivity index (χ4v) is 9.62. The van der Waals surface area contributed by atoms with Crippen LogP contribution >= 0.6 is 0 Å². The Morgan fingerprint density at radius 1 is 0.246 bits per heavy atom. The summed E-state index contributed by atoms with van der Waals surface area (Å²) in [6.07, 6.45) is 0. The van der Waals surface area contributed by atoms with E-state index in [0.717, 1.165) is 17.1 Å². The van der Waals surface area contributed by atoms with Crippen molar-refractivity contribution >= 4 is 92.5 Å². The fourth-order valence-electron chi connectivity index (χ4n) is 9.62. The summed E-state index contributed by atoms with van der Waals surface area (Å²) in [6.45, 7) is 0. The molecule has 0 spiro atoms. The molecule has 0 bridgehead atoms. The monoisotopic (exact) mass is 721 g/mol. The zero-order chi connectivity index (χ0) is 37.5. The molecule has 1 nitrogen and oxygen atoms in total. The Labute approximate surface area is 330 Å². The second kappa shape index (κ2) is 12.5. The molecule has 0 fully saturated rings. The van der Waals surface area contributed by atoms with Gasteiger partial charge in [0.15, 0.2) is 0 Å². The first-order chi connectivity index (χ1) is 28.3. The lowest BCUT2D eigenvalue weighted by Gasteiger charge is -2.29. The van der Waals surface area contributed by atoms with Crippen LogP contribution in [0.5, 0.6) is 0 Å². The summed E-state index contributed by atoms with van der Waals surface area (Å²) in [4.78, 5) is 2.47. The van der Waals surface area contributed by atoms with E-state index in [-0.39, 0.29) is 0 Å². The lowest BCUT2D eigenvalue weighted by atomic mass is 9.87. The van der Waals surface area contributed by atoms with Crippen molar-refractivity contribution in [3.8, 4) is 22.3 Å². The molecule has 1 heteroatoms. The molecule has 0 aliphatic carbocycles. The van der Waals surface area contributed by atoms with Gasteiger partial charge in [-0.25, -0.2) is 0 Å².